The van der Waals surface area contributed by atoms with Gasteiger partial charge >= 0.3 is 0 Å². The molecule has 0 aliphatic carbocycles. The first-order valence-corrected chi connectivity index (χ1v) is 8.77. The maximum absolute atomic E-state index is 11.5. The molecule has 0 spiro atoms. The maximum atomic E-state index is 11.5. The average molecular weight is 276 g/mol. The van der Waals surface area contributed by atoms with E-state index in [-0.39, 0.29) is 6.04 Å². The number of rotatable bonds is 7. The Labute approximate surface area is 112 Å². The number of hydrogen-bond acceptors (Lipinski definition) is 4. The summed E-state index contributed by atoms with van der Waals surface area (Å²) in [5.41, 5.74) is 0. The van der Waals surface area contributed by atoms with Crippen molar-refractivity contribution in [1.82, 2.24) is 10.2 Å². The summed E-state index contributed by atoms with van der Waals surface area (Å²) in [4.78, 5) is 2.22. The number of nitrogens with one attached hydrogen (secondary N) is 1. The van der Waals surface area contributed by atoms with Crippen LogP contribution < -0.4 is 5.32 Å². The predicted molar refractivity (Wildman–Crippen MR) is 76.6 cm³/mol. The summed E-state index contributed by atoms with van der Waals surface area (Å²) in [6, 6.07) is 0.590. The van der Waals surface area contributed by atoms with Crippen molar-refractivity contribution >= 4 is 9.84 Å². The Kier molecular flexibility index (Phi) is 6.08. The zero-order valence-electron chi connectivity index (χ0n) is 12.1. The van der Waals surface area contributed by atoms with Gasteiger partial charge < -0.3 is 5.32 Å². The Morgan fingerprint density at radius 1 is 1.33 bits per heavy atom. The lowest BCUT2D eigenvalue weighted by molar-refractivity contribution is 0.195. The van der Waals surface area contributed by atoms with Crippen LogP contribution >= 0.6 is 0 Å². The van der Waals surface area contributed by atoms with E-state index in [1.807, 2.05) is 7.05 Å². The van der Waals surface area contributed by atoms with Crippen LogP contribution in [0, 0.1) is 5.92 Å². The Morgan fingerprint density at radius 3 is 2.50 bits per heavy atom. The van der Waals surface area contributed by atoms with E-state index in [2.05, 4.69) is 31.0 Å². The van der Waals surface area contributed by atoms with Crippen LogP contribution in [0.1, 0.15) is 33.6 Å². The summed E-state index contributed by atoms with van der Waals surface area (Å²) in [6.45, 7) is 8.58. The van der Waals surface area contributed by atoms with Crippen molar-refractivity contribution < 1.29 is 8.42 Å². The minimum absolute atomic E-state index is 0.205. The molecule has 4 nitrogen and oxygen atoms in total. The number of likely N-dealkylation sites (N-methyl/N-ethyl adjacent to an activating group) is 1. The first kappa shape index (κ1) is 15.9. The fourth-order valence-corrected chi connectivity index (χ4v) is 4.09. The molecule has 2 unspecified atom stereocenters. The highest BCUT2D eigenvalue weighted by atomic mass is 32.2. The number of sulfone groups is 1. The van der Waals surface area contributed by atoms with Crippen molar-refractivity contribution in [1.29, 1.82) is 0 Å². The highest BCUT2D eigenvalue weighted by Crippen LogP contribution is 2.18. The molecule has 0 aromatic carbocycles. The molecule has 5 heteroatoms. The SMILES string of the molecule is CC(C)CCNCC(C)N(C)C1CCS(=O)(=O)C1. The van der Waals surface area contributed by atoms with E-state index >= 15 is 0 Å². The molecular formula is C13H28N2O2S. The lowest BCUT2D eigenvalue weighted by Gasteiger charge is -2.30. The zero-order valence-corrected chi connectivity index (χ0v) is 13.0. The van der Waals surface area contributed by atoms with Crippen LogP contribution in [0.3, 0.4) is 0 Å². The number of nitrogens with zero attached hydrogens (tertiary/aromatic N) is 1. The topological polar surface area (TPSA) is 49.4 Å². The van der Waals surface area contributed by atoms with Crippen LogP contribution in [0.2, 0.25) is 0 Å². The highest BCUT2D eigenvalue weighted by molar-refractivity contribution is 7.91. The van der Waals surface area contributed by atoms with E-state index in [1.54, 1.807) is 0 Å². The predicted octanol–water partition coefficient (Wildman–Crippen LogP) is 1.13. The highest BCUT2D eigenvalue weighted by Gasteiger charge is 2.32. The third-order valence-corrected chi connectivity index (χ3v) is 5.57. The molecule has 0 bridgehead atoms. The lowest BCUT2D eigenvalue weighted by atomic mass is 10.1. The van der Waals surface area contributed by atoms with Gasteiger partial charge in [-0.1, -0.05) is 13.8 Å². The molecule has 0 amide bonds. The average Bonchev–Trinajstić information content (AvgIpc) is 2.63. The molecule has 1 N–H and O–H groups in total. The molecular weight excluding hydrogens is 248 g/mol. The van der Waals surface area contributed by atoms with Crippen molar-refractivity contribution in [3.63, 3.8) is 0 Å². The molecule has 2 atom stereocenters. The van der Waals surface area contributed by atoms with E-state index in [0.29, 0.717) is 17.5 Å². The van der Waals surface area contributed by atoms with E-state index in [4.69, 9.17) is 0 Å². The molecule has 1 rings (SSSR count). The van der Waals surface area contributed by atoms with Crippen molar-refractivity contribution in [2.75, 3.05) is 31.6 Å². The van der Waals surface area contributed by atoms with E-state index in [0.717, 1.165) is 25.4 Å². The van der Waals surface area contributed by atoms with Crippen molar-refractivity contribution in [3.05, 3.63) is 0 Å². The first-order chi connectivity index (χ1) is 8.32. The summed E-state index contributed by atoms with van der Waals surface area (Å²) in [5, 5.41) is 3.45. The largest absolute Gasteiger partial charge is 0.315 e. The molecule has 0 aromatic rings. The van der Waals surface area contributed by atoms with Crippen LogP contribution in [-0.4, -0.2) is 57.0 Å². The van der Waals surface area contributed by atoms with Crippen molar-refractivity contribution in [3.8, 4) is 0 Å². The van der Waals surface area contributed by atoms with Gasteiger partial charge in [-0.05, 0) is 39.3 Å². The van der Waals surface area contributed by atoms with Crippen LogP contribution in [-0.2, 0) is 9.84 Å². The number of hydrogen-bond donors (Lipinski definition) is 1. The third kappa shape index (κ3) is 5.24. The molecule has 0 radical (unpaired) electrons. The van der Waals surface area contributed by atoms with Gasteiger partial charge in [0.2, 0.25) is 0 Å². The summed E-state index contributed by atoms with van der Waals surface area (Å²) >= 11 is 0. The Balaban J connectivity index is 2.27. The standard InChI is InChI=1S/C13H28N2O2S/c1-11(2)5-7-14-9-12(3)15(4)13-6-8-18(16,17)10-13/h11-14H,5-10H2,1-4H3. The van der Waals surface area contributed by atoms with E-state index < -0.39 is 9.84 Å². The molecule has 108 valence electrons. The molecule has 0 saturated carbocycles. The van der Waals surface area contributed by atoms with Crippen LogP contribution in [0.5, 0.6) is 0 Å². The van der Waals surface area contributed by atoms with Gasteiger partial charge in [-0.2, -0.15) is 0 Å². The summed E-state index contributed by atoms with van der Waals surface area (Å²) < 4.78 is 22.9. The molecule has 1 fully saturated rings. The van der Waals surface area contributed by atoms with Gasteiger partial charge in [-0.25, -0.2) is 8.42 Å². The normalized spacial score (nSPS) is 24.9. The van der Waals surface area contributed by atoms with Gasteiger partial charge in [-0.15, -0.1) is 0 Å². The molecule has 1 aliphatic heterocycles. The van der Waals surface area contributed by atoms with Crippen molar-refractivity contribution in [2.24, 2.45) is 5.92 Å². The second-order valence-electron chi connectivity index (χ2n) is 5.96. The smallest absolute Gasteiger partial charge is 0.151 e. The lowest BCUT2D eigenvalue weighted by Crippen LogP contribution is -2.44. The van der Waals surface area contributed by atoms with Gasteiger partial charge in [0.15, 0.2) is 9.84 Å². The van der Waals surface area contributed by atoms with Crippen LogP contribution in [0.15, 0.2) is 0 Å². The van der Waals surface area contributed by atoms with E-state index in [1.165, 1.54) is 6.42 Å². The Bertz CT molecular complexity index is 341. The second kappa shape index (κ2) is 6.87. The van der Waals surface area contributed by atoms with Gasteiger partial charge in [-0.3, -0.25) is 4.90 Å². The molecule has 18 heavy (non-hydrogen) atoms. The van der Waals surface area contributed by atoms with Gasteiger partial charge in [0.05, 0.1) is 11.5 Å². The second-order valence-corrected chi connectivity index (χ2v) is 8.19. The van der Waals surface area contributed by atoms with Crippen LogP contribution in [0.25, 0.3) is 0 Å². The fraction of sp³-hybridized carbons (Fsp3) is 1.00. The Morgan fingerprint density at radius 2 is 2.00 bits per heavy atom. The molecule has 1 heterocycles. The monoisotopic (exact) mass is 276 g/mol. The molecule has 1 aliphatic rings. The first-order valence-electron chi connectivity index (χ1n) is 6.95. The van der Waals surface area contributed by atoms with Gasteiger partial charge in [0, 0.05) is 18.6 Å². The van der Waals surface area contributed by atoms with E-state index in [9.17, 15) is 8.42 Å². The summed E-state index contributed by atoms with van der Waals surface area (Å²) in [7, 11) is -0.731. The quantitative estimate of drug-likeness (QED) is 0.708. The van der Waals surface area contributed by atoms with Gasteiger partial charge in [0.1, 0.15) is 0 Å². The molecule has 1 saturated heterocycles. The van der Waals surface area contributed by atoms with Crippen LogP contribution in [0.4, 0.5) is 0 Å². The maximum Gasteiger partial charge on any atom is 0.151 e. The minimum Gasteiger partial charge on any atom is -0.315 e. The summed E-state index contributed by atoms with van der Waals surface area (Å²) in [6.07, 6.45) is 1.98. The van der Waals surface area contributed by atoms with Crippen molar-refractivity contribution in [2.45, 2.75) is 45.7 Å². The minimum atomic E-state index is -2.77. The zero-order chi connectivity index (χ0) is 13.8. The van der Waals surface area contributed by atoms with Gasteiger partial charge in [0.25, 0.3) is 0 Å². The summed E-state index contributed by atoms with van der Waals surface area (Å²) in [5.74, 6) is 1.42. The Hall–Kier alpha value is -0.130. The fourth-order valence-electron chi connectivity index (χ4n) is 2.30. The molecule has 0 aromatic heterocycles. The third-order valence-electron chi connectivity index (χ3n) is 3.82.